The van der Waals surface area contributed by atoms with Gasteiger partial charge in [-0.2, -0.15) is 0 Å². The molecule has 0 aliphatic rings. The number of hydrogen-bond donors (Lipinski definition) is 0. The Morgan fingerprint density at radius 1 is 1.05 bits per heavy atom. The van der Waals surface area contributed by atoms with Crippen molar-refractivity contribution in [1.29, 1.82) is 0 Å². The molecule has 0 fully saturated rings. The molecule has 0 aliphatic carbocycles. The normalized spacial score (nSPS) is 10.3. The standard InChI is InChI=1S/C16H15F2NO/c1-19(15-5-3-2-4-6-15)8-7-16(20)12-9-13(17)11-14(18)10-12/h2-6,9-11H,7-8H2,1H3. The van der Waals surface area contributed by atoms with Gasteiger partial charge in [0.2, 0.25) is 0 Å². The second kappa shape index (κ2) is 6.28. The van der Waals surface area contributed by atoms with Crippen LogP contribution in [0.1, 0.15) is 16.8 Å². The Balaban J connectivity index is 1.98. The summed E-state index contributed by atoms with van der Waals surface area (Å²) < 4.78 is 26.1. The van der Waals surface area contributed by atoms with Crippen LogP contribution in [0.5, 0.6) is 0 Å². The lowest BCUT2D eigenvalue weighted by Gasteiger charge is -2.18. The molecule has 0 aliphatic heterocycles. The van der Waals surface area contributed by atoms with Crippen molar-refractivity contribution in [3.8, 4) is 0 Å². The summed E-state index contributed by atoms with van der Waals surface area (Å²) >= 11 is 0. The van der Waals surface area contributed by atoms with Crippen LogP contribution in [0, 0.1) is 11.6 Å². The van der Waals surface area contributed by atoms with Gasteiger partial charge in [0.05, 0.1) is 0 Å². The van der Waals surface area contributed by atoms with Gasteiger partial charge in [0.25, 0.3) is 0 Å². The number of halogens is 2. The molecule has 20 heavy (non-hydrogen) atoms. The minimum absolute atomic E-state index is 0.0731. The van der Waals surface area contributed by atoms with E-state index < -0.39 is 11.6 Å². The Bertz CT molecular complexity index is 578. The number of para-hydroxylation sites is 1. The first kappa shape index (κ1) is 14.2. The Morgan fingerprint density at radius 3 is 2.25 bits per heavy atom. The van der Waals surface area contributed by atoms with E-state index in [1.165, 1.54) is 0 Å². The molecular formula is C16H15F2NO. The van der Waals surface area contributed by atoms with E-state index in [1.54, 1.807) is 0 Å². The van der Waals surface area contributed by atoms with Gasteiger partial charge < -0.3 is 4.90 Å². The fourth-order valence-electron chi connectivity index (χ4n) is 1.94. The molecule has 0 aromatic heterocycles. The number of ketones is 1. The molecule has 0 N–H and O–H groups in total. The molecule has 2 rings (SSSR count). The van der Waals surface area contributed by atoms with Crippen molar-refractivity contribution in [2.75, 3.05) is 18.5 Å². The van der Waals surface area contributed by atoms with E-state index in [1.807, 2.05) is 42.3 Å². The van der Waals surface area contributed by atoms with E-state index in [9.17, 15) is 13.6 Å². The van der Waals surface area contributed by atoms with Crippen molar-refractivity contribution in [3.63, 3.8) is 0 Å². The number of benzene rings is 2. The van der Waals surface area contributed by atoms with Crippen molar-refractivity contribution < 1.29 is 13.6 Å². The molecule has 0 atom stereocenters. The molecular weight excluding hydrogens is 260 g/mol. The summed E-state index contributed by atoms with van der Waals surface area (Å²) in [5.74, 6) is -1.74. The van der Waals surface area contributed by atoms with Gasteiger partial charge in [-0.15, -0.1) is 0 Å². The molecule has 0 saturated carbocycles. The van der Waals surface area contributed by atoms with Gasteiger partial charge in [-0.1, -0.05) is 18.2 Å². The quantitative estimate of drug-likeness (QED) is 0.776. The molecule has 0 radical (unpaired) electrons. The van der Waals surface area contributed by atoms with Gasteiger partial charge in [-0.3, -0.25) is 4.79 Å². The highest BCUT2D eigenvalue weighted by Crippen LogP contribution is 2.14. The molecule has 2 nitrogen and oxygen atoms in total. The molecule has 4 heteroatoms. The number of hydrogen-bond acceptors (Lipinski definition) is 2. The van der Waals surface area contributed by atoms with E-state index in [-0.39, 0.29) is 17.8 Å². The van der Waals surface area contributed by atoms with E-state index >= 15 is 0 Å². The van der Waals surface area contributed by atoms with Gasteiger partial charge in [0.15, 0.2) is 5.78 Å². The average Bonchev–Trinajstić information content (AvgIpc) is 2.44. The second-order valence-electron chi connectivity index (χ2n) is 4.59. The zero-order chi connectivity index (χ0) is 14.5. The third-order valence-electron chi connectivity index (χ3n) is 3.06. The van der Waals surface area contributed by atoms with Crippen molar-refractivity contribution in [2.24, 2.45) is 0 Å². The zero-order valence-electron chi connectivity index (χ0n) is 11.1. The van der Waals surface area contributed by atoms with Crippen LogP contribution >= 0.6 is 0 Å². The summed E-state index contributed by atoms with van der Waals surface area (Å²) in [4.78, 5) is 13.8. The summed E-state index contributed by atoms with van der Waals surface area (Å²) in [6.45, 7) is 0.487. The number of nitrogens with zero attached hydrogens (tertiary/aromatic N) is 1. The molecule has 2 aromatic carbocycles. The maximum atomic E-state index is 13.0. The highest BCUT2D eigenvalue weighted by molar-refractivity contribution is 5.96. The lowest BCUT2D eigenvalue weighted by molar-refractivity contribution is 0.0984. The molecule has 0 amide bonds. The first-order valence-electron chi connectivity index (χ1n) is 6.32. The lowest BCUT2D eigenvalue weighted by Crippen LogP contribution is -2.21. The van der Waals surface area contributed by atoms with E-state index in [4.69, 9.17) is 0 Å². The molecule has 2 aromatic rings. The molecule has 0 unspecified atom stereocenters. The smallest absolute Gasteiger partial charge is 0.164 e. The number of rotatable bonds is 5. The maximum absolute atomic E-state index is 13.0. The van der Waals surface area contributed by atoms with Crippen molar-refractivity contribution >= 4 is 11.5 Å². The van der Waals surface area contributed by atoms with Gasteiger partial charge in [-0.25, -0.2) is 8.78 Å². The average molecular weight is 275 g/mol. The zero-order valence-corrected chi connectivity index (χ0v) is 11.1. The molecule has 0 heterocycles. The topological polar surface area (TPSA) is 20.3 Å². The van der Waals surface area contributed by atoms with Crippen molar-refractivity contribution in [1.82, 2.24) is 0 Å². The SMILES string of the molecule is CN(CCC(=O)c1cc(F)cc(F)c1)c1ccccc1. The number of Topliss-reactive ketones (excluding diaryl/α,β-unsaturated/α-hetero) is 1. The highest BCUT2D eigenvalue weighted by atomic mass is 19.1. The summed E-state index contributed by atoms with van der Waals surface area (Å²) in [6.07, 6.45) is 0.203. The van der Waals surface area contributed by atoms with Gasteiger partial charge in [0, 0.05) is 37.3 Å². The number of carbonyl (C=O) groups is 1. The lowest BCUT2D eigenvalue weighted by atomic mass is 10.1. The maximum Gasteiger partial charge on any atom is 0.164 e. The predicted molar refractivity (Wildman–Crippen MR) is 75.0 cm³/mol. The van der Waals surface area contributed by atoms with Gasteiger partial charge >= 0.3 is 0 Å². The van der Waals surface area contributed by atoms with Crippen LogP contribution in [0.3, 0.4) is 0 Å². The molecule has 104 valence electrons. The predicted octanol–water partition coefficient (Wildman–Crippen LogP) is 3.67. The van der Waals surface area contributed by atoms with Crippen LogP contribution in [-0.4, -0.2) is 19.4 Å². The number of anilines is 1. The fraction of sp³-hybridized carbons (Fsp3) is 0.188. The van der Waals surface area contributed by atoms with Crippen molar-refractivity contribution in [3.05, 3.63) is 65.7 Å². The first-order chi connectivity index (χ1) is 9.56. The first-order valence-corrected chi connectivity index (χ1v) is 6.32. The Kier molecular flexibility index (Phi) is 4.45. The van der Waals surface area contributed by atoms with Crippen LogP contribution in [0.2, 0.25) is 0 Å². The van der Waals surface area contributed by atoms with Crippen LogP contribution in [0.25, 0.3) is 0 Å². The van der Waals surface area contributed by atoms with Crippen molar-refractivity contribution in [2.45, 2.75) is 6.42 Å². The van der Waals surface area contributed by atoms with E-state index in [0.29, 0.717) is 6.54 Å². The summed E-state index contributed by atoms with van der Waals surface area (Å²) in [5, 5.41) is 0. The summed E-state index contributed by atoms with van der Waals surface area (Å²) in [5.41, 5.74) is 1.06. The minimum Gasteiger partial charge on any atom is -0.374 e. The molecule has 0 spiro atoms. The second-order valence-corrected chi connectivity index (χ2v) is 4.59. The monoisotopic (exact) mass is 275 g/mol. The number of carbonyl (C=O) groups excluding carboxylic acids is 1. The van der Waals surface area contributed by atoms with E-state index in [0.717, 1.165) is 23.9 Å². The van der Waals surface area contributed by atoms with Crippen LogP contribution in [0.4, 0.5) is 14.5 Å². The third-order valence-corrected chi connectivity index (χ3v) is 3.06. The van der Waals surface area contributed by atoms with Crippen LogP contribution in [-0.2, 0) is 0 Å². The highest BCUT2D eigenvalue weighted by Gasteiger charge is 2.10. The van der Waals surface area contributed by atoms with Crippen LogP contribution in [0.15, 0.2) is 48.5 Å². The fourth-order valence-corrected chi connectivity index (χ4v) is 1.94. The third kappa shape index (κ3) is 3.63. The van der Waals surface area contributed by atoms with Crippen LogP contribution < -0.4 is 4.90 Å². The Hall–Kier alpha value is -2.23. The van der Waals surface area contributed by atoms with E-state index in [2.05, 4.69) is 0 Å². The Morgan fingerprint density at radius 2 is 1.65 bits per heavy atom. The summed E-state index contributed by atoms with van der Waals surface area (Å²) in [7, 11) is 1.87. The Labute approximate surface area is 116 Å². The largest absolute Gasteiger partial charge is 0.374 e. The van der Waals surface area contributed by atoms with Gasteiger partial charge in [-0.05, 0) is 24.3 Å². The molecule has 0 saturated heterocycles. The summed E-state index contributed by atoms with van der Waals surface area (Å²) in [6, 6.07) is 12.5. The minimum atomic E-state index is -0.732. The van der Waals surface area contributed by atoms with Gasteiger partial charge in [0.1, 0.15) is 11.6 Å². The molecule has 0 bridgehead atoms.